The van der Waals surface area contributed by atoms with E-state index >= 15 is 0 Å². The van der Waals surface area contributed by atoms with Crippen LogP contribution in [0.1, 0.15) is 49.4 Å². The molecule has 1 amide bonds. The number of halogens is 2. The lowest BCUT2D eigenvalue weighted by Gasteiger charge is -2.21. The summed E-state index contributed by atoms with van der Waals surface area (Å²) in [6.45, 7) is 3.77. The van der Waals surface area contributed by atoms with Gasteiger partial charge in [-0.3, -0.25) is 4.79 Å². The van der Waals surface area contributed by atoms with Crippen LogP contribution in [-0.4, -0.2) is 23.9 Å². The normalized spacial score (nSPS) is 19.4. The quantitative estimate of drug-likeness (QED) is 0.823. The van der Waals surface area contributed by atoms with Crippen LogP contribution in [-0.2, 0) is 0 Å². The molecule has 1 aliphatic rings. The van der Waals surface area contributed by atoms with Gasteiger partial charge >= 0.3 is 0 Å². The van der Waals surface area contributed by atoms with Crippen molar-refractivity contribution in [2.24, 2.45) is 5.92 Å². The van der Waals surface area contributed by atoms with E-state index in [2.05, 4.69) is 6.92 Å². The van der Waals surface area contributed by atoms with E-state index in [-0.39, 0.29) is 5.91 Å². The number of hydrogen-bond acceptors (Lipinski definition) is 2. The molecule has 0 radical (unpaired) electrons. The number of carbonyl (C=O) groups excluding carboxylic acids is 1. The van der Waals surface area contributed by atoms with E-state index in [0.717, 1.165) is 31.8 Å². The molecule has 116 valence electrons. The van der Waals surface area contributed by atoms with E-state index in [1.54, 1.807) is 12.1 Å². The average molecular weight is 329 g/mol. The molecule has 1 heterocycles. The number of nitrogens with zero attached hydrogens (tertiary/aromatic N) is 1. The summed E-state index contributed by atoms with van der Waals surface area (Å²) in [6.07, 6.45) is 5.75. The average Bonchev–Trinajstić information content (AvgIpc) is 2.68. The largest absolute Gasteiger partial charge is 0.399 e. The third kappa shape index (κ3) is 4.04. The minimum absolute atomic E-state index is 0.0636. The number of rotatable bonds is 3. The Hall–Kier alpha value is -0.930. The van der Waals surface area contributed by atoms with Crippen molar-refractivity contribution in [3.8, 4) is 0 Å². The number of likely N-dealkylation sites (tertiary alicyclic amines) is 1. The predicted molar refractivity (Wildman–Crippen MR) is 89.0 cm³/mol. The lowest BCUT2D eigenvalue weighted by molar-refractivity contribution is 0.0760. The van der Waals surface area contributed by atoms with Gasteiger partial charge in [0.2, 0.25) is 0 Å². The van der Waals surface area contributed by atoms with Crippen LogP contribution in [0.15, 0.2) is 12.1 Å². The molecule has 0 aliphatic carbocycles. The fraction of sp³-hybridized carbons (Fsp3) is 0.562. The monoisotopic (exact) mass is 328 g/mol. The molecule has 5 heteroatoms. The van der Waals surface area contributed by atoms with E-state index in [0.29, 0.717) is 21.3 Å². The molecular weight excluding hydrogens is 307 g/mol. The van der Waals surface area contributed by atoms with Crippen LogP contribution in [0.4, 0.5) is 5.69 Å². The van der Waals surface area contributed by atoms with Gasteiger partial charge in [0, 0.05) is 18.8 Å². The first-order chi connectivity index (χ1) is 10.0. The Bertz CT molecular complexity index is 519. The third-order valence-electron chi connectivity index (χ3n) is 4.11. The Morgan fingerprint density at radius 3 is 2.81 bits per heavy atom. The SMILES string of the molecule is CCCC1CCCN(C(=O)c2cc(N)cc(Cl)c2Cl)CC1. The molecule has 1 aromatic carbocycles. The van der Waals surface area contributed by atoms with E-state index in [4.69, 9.17) is 28.9 Å². The summed E-state index contributed by atoms with van der Waals surface area (Å²) in [5.41, 5.74) is 6.65. The molecule has 2 N–H and O–H groups in total. The fourth-order valence-electron chi connectivity index (χ4n) is 3.00. The van der Waals surface area contributed by atoms with Gasteiger partial charge in [-0.15, -0.1) is 0 Å². The summed E-state index contributed by atoms with van der Waals surface area (Å²) in [7, 11) is 0. The van der Waals surface area contributed by atoms with E-state index in [9.17, 15) is 4.79 Å². The zero-order chi connectivity index (χ0) is 15.4. The summed E-state index contributed by atoms with van der Waals surface area (Å²) in [5, 5.41) is 0.629. The fourth-order valence-corrected chi connectivity index (χ4v) is 3.42. The van der Waals surface area contributed by atoms with Crippen LogP contribution >= 0.6 is 23.2 Å². The molecule has 0 aromatic heterocycles. The van der Waals surface area contributed by atoms with Crippen LogP contribution in [0.5, 0.6) is 0 Å². The van der Waals surface area contributed by atoms with Crippen molar-refractivity contribution in [2.75, 3.05) is 18.8 Å². The Labute approximate surface area is 136 Å². The summed E-state index contributed by atoms with van der Waals surface area (Å²) in [5.74, 6) is 0.666. The van der Waals surface area contributed by atoms with Crippen molar-refractivity contribution in [2.45, 2.75) is 39.0 Å². The van der Waals surface area contributed by atoms with Crippen molar-refractivity contribution < 1.29 is 4.79 Å². The van der Waals surface area contributed by atoms with Gasteiger partial charge in [-0.1, -0.05) is 43.0 Å². The maximum atomic E-state index is 12.7. The maximum absolute atomic E-state index is 12.7. The number of anilines is 1. The van der Waals surface area contributed by atoms with Gasteiger partial charge in [-0.05, 0) is 37.3 Å². The zero-order valence-corrected chi connectivity index (χ0v) is 13.9. The van der Waals surface area contributed by atoms with Gasteiger partial charge in [0.25, 0.3) is 5.91 Å². The highest BCUT2D eigenvalue weighted by Gasteiger charge is 2.23. The molecule has 2 rings (SSSR count). The van der Waals surface area contributed by atoms with Crippen molar-refractivity contribution in [1.29, 1.82) is 0 Å². The highest BCUT2D eigenvalue weighted by Crippen LogP contribution is 2.30. The Kier molecular flexibility index (Phi) is 5.77. The molecule has 0 bridgehead atoms. The van der Waals surface area contributed by atoms with E-state index < -0.39 is 0 Å². The Morgan fingerprint density at radius 2 is 2.10 bits per heavy atom. The summed E-state index contributed by atoms with van der Waals surface area (Å²) < 4.78 is 0. The summed E-state index contributed by atoms with van der Waals surface area (Å²) in [6, 6.07) is 3.19. The number of carbonyl (C=O) groups is 1. The number of hydrogen-bond donors (Lipinski definition) is 1. The molecular formula is C16H22Cl2N2O. The van der Waals surface area contributed by atoms with Gasteiger partial charge in [0.05, 0.1) is 15.6 Å². The summed E-state index contributed by atoms with van der Waals surface area (Å²) >= 11 is 12.2. The van der Waals surface area contributed by atoms with Crippen LogP contribution in [0, 0.1) is 5.92 Å². The molecule has 1 atom stereocenters. The first-order valence-corrected chi connectivity index (χ1v) is 8.32. The Balaban J connectivity index is 2.13. The van der Waals surface area contributed by atoms with Crippen LogP contribution in [0.3, 0.4) is 0 Å². The molecule has 1 aliphatic heterocycles. The van der Waals surface area contributed by atoms with Crippen LogP contribution in [0.2, 0.25) is 10.0 Å². The molecule has 1 fully saturated rings. The second-order valence-electron chi connectivity index (χ2n) is 5.74. The van der Waals surface area contributed by atoms with Gasteiger partial charge in [0.1, 0.15) is 0 Å². The number of nitrogen functional groups attached to an aromatic ring is 1. The number of benzene rings is 1. The highest BCUT2D eigenvalue weighted by atomic mass is 35.5. The minimum atomic E-state index is -0.0636. The predicted octanol–water partition coefficient (Wildman–Crippen LogP) is 4.62. The molecule has 0 spiro atoms. The number of amides is 1. The molecule has 1 unspecified atom stereocenters. The van der Waals surface area contributed by atoms with Crippen molar-refractivity contribution in [3.05, 3.63) is 27.7 Å². The topological polar surface area (TPSA) is 46.3 Å². The van der Waals surface area contributed by atoms with Crippen LogP contribution in [0.25, 0.3) is 0 Å². The smallest absolute Gasteiger partial charge is 0.255 e. The van der Waals surface area contributed by atoms with E-state index in [1.807, 2.05) is 4.90 Å². The molecule has 0 saturated carbocycles. The standard InChI is InChI=1S/C16H22Cl2N2O/c1-2-4-11-5-3-7-20(8-6-11)16(21)13-9-12(19)10-14(17)15(13)18/h9-11H,2-8,19H2,1H3. The second kappa shape index (κ2) is 7.37. The van der Waals surface area contributed by atoms with Crippen molar-refractivity contribution in [3.63, 3.8) is 0 Å². The number of nitrogens with two attached hydrogens (primary N) is 1. The zero-order valence-electron chi connectivity index (χ0n) is 12.4. The molecule has 21 heavy (non-hydrogen) atoms. The maximum Gasteiger partial charge on any atom is 0.255 e. The molecule has 1 aromatic rings. The molecule has 1 saturated heterocycles. The lowest BCUT2D eigenvalue weighted by Crippen LogP contribution is -2.32. The first kappa shape index (κ1) is 16.4. The Morgan fingerprint density at radius 1 is 1.33 bits per heavy atom. The van der Waals surface area contributed by atoms with Crippen LogP contribution < -0.4 is 5.73 Å². The second-order valence-corrected chi connectivity index (χ2v) is 6.53. The minimum Gasteiger partial charge on any atom is -0.399 e. The molecule has 3 nitrogen and oxygen atoms in total. The lowest BCUT2D eigenvalue weighted by atomic mass is 9.96. The van der Waals surface area contributed by atoms with Crippen molar-refractivity contribution >= 4 is 34.8 Å². The van der Waals surface area contributed by atoms with Gasteiger partial charge in [0.15, 0.2) is 0 Å². The van der Waals surface area contributed by atoms with Gasteiger partial charge in [-0.2, -0.15) is 0 Å². The first-order valence-electron chi connectivity index (χ1n) is 7.56. The summed E-state index contributed by atoms with van der Waals surface area (Å²) in [4.78, 5) is 14.6. The van der Waals surface area contributed by atoms with Gasteiger partial charge < -0.3 is 10.6 Å². The van der Waals surface area contributed by atoms with E-state index in [1.165, 1.54) is 19.3 Å². The highest BCUT2D eigenvalue weighted by molar-refractivity contribution is 6.44. The van der Waals surface area contributed by atoms with Gasteiger partial charge in [-0.25, -0.2) is 0 Å². The third-order valence-corrected chi connectivity index (χ3v) is 4.91. The van der Waals surface area contributed by atoms with Crippen molar-refractivity contribution in [1.82, 2.24) is 4.90 Å².